The van der Waals surface area contributed by atoms with Gasteiger partial charge in [0.05, 0.1) is 13.2 Å². The van der Waals surface area contributed by atoms with Crippen LogP contribution in [0, 0.1) is 0 Å². The lowest BCUT2D eigenvalue weighted by Crippen LogP contribution is -2.09. The molecule has 1 N–H and O–H groups in total. The van der Waals surface area contributed by atoms with Crippen molar-refractivity contribution in [3.8, 4) is 5.82 Å². The lowest BCUT2D eigenvalue weighted by atomic mass is 10.3. The molecule has 0 amide bonds. The van der Waals surface area contributed by atoms with Crippen LogP contribution in [0.1, 0.15) is 29.3 Å². The minimum atomic E-state index is -0.806. The molecule has 8 nitrogen and oxygen atoms in total. The van der Waals surface area contributed by atoms with E-state index >= 15 is 0 Å². The summed E-state index contributed by atoms with van der Waals surface area (Å²) < 4.78 is 5.77. The highest BCUT2D eigenvalue weighted by molar-refractivity contribution is 5.84. The van der Waals surface area contributed by atoms with E-state index in [9.17, 15) is 9.90 Å². The van der Waals surface area contributed by atoms with Gasteiger partial charge in [-0.25, -0.2) is 14.8 Å². The first-order valence-electron chi connectivity index (χ1n) is 5.12. The number of hydrogen-bond donors (Lipinski definition) is 1. The number of esters is 1. The zero-order valence-electron chi connectivity index (χ0n) is 9.81. The predicted octanol–water partition coefficient (Wildman–Crippen LogP) is -0.103. The minimum Gasteiger partial charge on any atom is -0.463 e. The summed E-state index contributed by atoms with van der Waals surface area (Å²) in [6.45, 7) is 1.56. The molecular formula is C10H11N5O3. The van der Waals surface area contributed by atoms with Crippen LogP contribution in [0.3, 0.4) is 0 Å². The van der Waals surface area contributed by atoms with Crippen LogP contribution in [0.25, 0.3) is 5.82 Å². The van der Waals surface area contributed by atoms with Crippen molar-refractivity contribution in [2.75, 3.05) is 7.11 Å². The number of hydrogen-bond acceptors (Lipinski definition) is 7. The van der Waals surface area contributed by atoms with Gasteiger partial charge in [-0.15, -0.1) is 5.10 Å². The summed E-state index contributed by atoms with van der Waals surface area (Å²) in [5, 5.41) is 13.5. The van der Waals surface area contributed by atoms with Crippen LogP contribution in [-0.2, 0) is 4.74 Å². The van der Waals surface area contributed by atoms with E-state index in [-0.39, 0.29) is 5.82 Å². The Labute approximate surface area is 102 Å². The van der Waals surface area contributed by atoms with Crippen molar-refractivity contribution in [1.82, 2.24) is 24.7 Å². The Morgan fingerprint density at radius 2 is 2.11 bits per heavy atom. The Balaban J connectivity index is 2.43. The minimum absolute atomic E-state index is 0.0836. The number of nitrogens with zero attached hydrogens (tertiary/aromatic N) is 5. The third-order valence-corrected chi connectivity index (χ3v) is 2.18. The van der Waals surface area contributed by atoms with Gasteiger partial charge in [0.15, 0.2) is 5.82 Å². The Morgan fingerprint density at radius 3 is 2.78 bits per heavy atom. The maximum absolute atomic E-state index is 11.2. The highest BCUT2D eigenvalue weighted by Gasteiger charge is 2.16. The molecule has 94 valence electrons. The maximum atomic E-state index is 11.2. The average Bonchev–Trinajstić information content (AvgIpc) is 2.87. The summed E-state index contributed by atoms with van der Waals surface area (Å²) >= 11 is 0. The molecule has 2 heterocycles. The zero-order chi connectivity index (χ0) is 13.1. The van der Waals surface area contributed by atoms with Crippen molar-refractivity contribution in [3.05, 3.63) is 30.2 Å². The van der Waals surface area contributed by atoms with Crippen molar-refractivity contribution in [2.24, 2.45) is 0 Å². The molecule has 2 rings (SSSR count). The summed E-state index contributed by atoms with van der Waals surface area (Å²) in [6.07, 6.45) is 3.42. The van der Waals surface area contributed by atoms with Gasteiger partial charge in [-0.3, -0.25) is 4.98 Å². The molecule has 0 saturated heterocycles. The summed E-state index contributed by atoms with van der Waals surface area (Å²) in [5.41, 5.74) is 0.346. The molecule has 0 aliphatic rings. The normalized spacial score (nSPS) is 12.2. The van der Waals surface area contributed by atoms with Crippen molar-refractivity contribution in [1.29, 1.82) is 0 Å². The van der Waals surface area contributed by atoms with Crippen molar-refractivity contribution < 1.29 is 14.6 Å². The molecular weight excluding hydrogens is 238 g/mol. The van der Waals surface area contributed by atoms with Crippen LogP contribution < -0.4 is 0 Å². The molecule has 1 unspecified atom stereocenters. The van der Waals surface area contributed by atoms with Crippen molar-refractivity contribution >= 4 is 5.97 Å². The number of rotatable bonds is 3. The van der Waals surface area contributed by atoms with Gasteiger partial charge in [0.25, 0.3) is 5.82 Å². The van der Waals surface area contributed by atoms with E-state index in [2.05, 4.69) is 24.8 Å². The summed E-state index contributed by atoms with van der Waals surface area (Å²) in [6, 6.07) is 0. The molecule has 0 spiro atoms. The Morgan fingerprint density at radius 1 is 1.39 bits per heavy atom. The van der Waals surface area contributed by atoms with E-state index in [0.29, 0.717) is 11.5 Å². The second-order valence-corrected chi connectivity index (χ2v) is 3.45. The van der Waals surface area contributed by atoms with Crippen molar-refractivity contribution in [3.63, 3.8) is 0 Å². The van der Waals surface area contributed by atoms with Crippen LogP contribution >= 0.6 is 0 Å². The molecule has 0 radical (unpaired) electrons. The van der Waals surface area contributed by atoms with Gasteiger partial charge >= 0.3 is 5.97 Å². The van der Waals surface area contributed by atoms with Gasteiger partial charge in [-0.1, -0.05) is 0 Å². The number of aliphatic hydroxyl groups excluding tert-OH is 1. The third-order valence-electron chi connectivity index (χ3n) is 2.18. The Kier molecular flexibility index (Phi) is 3.28. The molecule has 18 heavy (non-hydrogen) atoms. The van der Waals surface area contributed by atoms with E-state index in [1.807, 2.05) is 0 Å². The van der Waals surface area contributed by atoms with Gasteiger partial charge in [-0.05, 0) is 6.92 Å². The lowest BCUT2D eigenvalue weighted by molar-refractivity contribution is 0.0587. The number of aliphatic hydroxyl groups is 1. The maximum Gasteiger partial charge on any atom is 0.377 e. The first-order valence-corrected chi connectivity index (χ1v) is 5.12. The van der Waals surface area contributed by atoms with Gasteiger partial charge in [0.1, 0.15) is 12.0 Å². The molecule has 0 aromatic carbocycles. The van der Waals surface area contributed by atoms with Gasteiger partial charge in [0, 0.05) is 12.4 Å². The standard InChI is InChI=1S/C10H11N5O3/c1-6(16)7-9(12-4-3-11-7)15-5-13-8(14-15)10(17)18-2/h3-6,16H,1-2H3. The average molecular weight is 249 g/mol. The largest absolute Gasteiger partial charge is 0.463 e. The van der Waals surface area contributed by atoms with E-state index < -0.39 is 12.1 Å². The highest BCUT2D eigenvalue weighted by Crippen LogP contribution is 2.15. The van der Waals surface area contributed by atoms with E-state index in [1.54, 1.807) is 6.92 Å². The smallest absolute Gasteiger partial charge is 0.377 e. The number of carbonyl (C=O) groups excluding carboxylic acids is 1. The SMILES string of the molecule is COC(=O)c1ncn(-c2nccnc2C(C)O)n1. The first kappa shape index (κ1) is 12.1. The Hall–Kier alpha value is -2.35. The summed E-state index contributed by atoms with van der Waals surface area (Å²) in [4.78, 5) is 23.1. The number of ether oxygens (including phenoxy) is 1. The zero-order valence-corrected chi connectivity index (χ0v) is 9.81. The topological polar surface area (TPSA) is 103 Å². The second kappa shape index (κ2) is 4.88. The fraction of sp³-hybridized carbons (Fsp3) is 0.300. The van der Waals surface area contributed by atoms with Crippen LogP contribution in [0.15, 0.2) is 18.7 Å². The monoisotopic (exact) mass is 249 g/mol. The fourth-order valence-electron chi connectivity index (χ4n) is 1.36. The molecule has 2 aromatic rings. The van der Waals surface area contributed by atoms with Crippen molar-refractivity contribution in [2.45, 2.75) is 13.0 Å². The quantitative estimate of drug-likeness (QED) is 0.757. The molecule has 0 saturated carbocycles. The summed E-state index contributed by atoms with van der Waals surface area (Å²) in [5.74, 6) is -0.411. The molecule has 0 aliphatic carbocycles. The molecule has 0 fully saturated rings. The molecule has 0 bridgehead atoms. The van der Waals surface area contributed by atoms with E-state index in [1.165, 1.54) is 30.5 Å². The Bertz CT molecular complexity index is 566. The van der Waals surface area contributed by atoms with Gasteiger partial charge < -0.3 is 9.84 Å². The number of carbonyl (C=O) groups is 1. The molecule has 1 atom stereocenters. The molecule has 2 aromatic heterocycles. The second-order valence-electron chi connectivity index (χ2n) is 3.45. The third kappa shape index (κ3) is 2.18. The molecule has 0 aliphatic heterocycles. The van der Waals surface area contributed by atoms with E-state index in [4.69, 9.17) is 0 Å². The number of aromatic nitrogens is 5. The van der Waals surface area contributed by atoms with Crippen LogP contribution in [0.5, 0.6) is 0 Å². The number of methoxy groups -OCH3 is 1. The predicted molar refractivity (Wildman–Crippen MR) is 58.9 cm³/mol. The van der Waals surface area contributed by atoms with Gasteiger partial charge in [0.2, 0.25) is 0 Å². The van der Waals surface area contributed by atoms with Crippen LogP contribution in [-0.4, -0.2) is 42.9 Å². The first-order chi connectivity index (χ1) is 8.63. The fourth-order valence-corrected chi connectivity index (χ4v) is 1.36. The van der Waals surface area contributed by atoms with Crippen LogP contribution in [0.4, 0.5) is 0 Å². The van der Waals surface area contributed by atoms with E-state index in [0.717, 1.165) is 0 Å². The van der Waals surface area contributed by atoms with Crippen LogP contribution in [0.2, 0.25) is 0 Å². The highest BCUT2D eigenvalue weighted by atomic mass is 16.5. The molecule has 8 heteroatoms. The lowest BCUT2D eigenvalue weighted by Gasteiger charge is -2.08. The summed E-state index contributed by atoms with van der Waals surface area (Å²) in [7, 11) is 1.24. The van der Waals surface area contributed by atoms with Gasteiger partial charge in [-0.2, -0.15) is 4.68 Å².